The first-order chi connectivity index (χ1) is 6.65. The fraction of sp³-hybridized carbons (Fsp3) is 0.300. The van der Waals surface area contributed by atoms with E-state index in [1.807, 2.05) is 0 Å². The van der Waals surface area contributed by atoms with Gasteiger partial charge in [-0.05, 0) is 34.8 Å². The molecule has 1 aromatic rings. The van der Waals surface area contributed by atoms with E-state index >= 15 is 0 Å². The van der Waals surface area contributed by atoms with Gasteiger partial charge >= 0.3 is 0 Å². The number of hydrogen-bond acceptors (Lipinski definition) is 2. The van der Waals surface area contributed by atoms with E-state index in [1.54, 1.807) is 6.08 Å². The van der Waals surface area contributed by atoms with Crippen molar-refractivity contribution in [2.24, 2.45) is 5.73 Å². The van der Waals surface area contributed by atoms with Gasteiger partial charge in [0.15, 0.2) is 0 Å². The predicted molar refractivity (Wildman–Crippen MR) is 58.3 cm³/mol. The van der Waals surface area contributed by atoms with E-state index < -0.39 is 0 Å². The van der Waals surface area contributed by atoms with Gasteiger partial charge in [0.25, 0.3) is 0 Å². The molecule has 76 valence electrons. The Morgan fingerprint density at radius 3 is 3.00 bits per heavy atom. The summed E-state index contributed by atoms with van der Waals surface area (Å²) >= 11 is 3.23. The average Bonchev–Trinajstić information content (AvgIpc) is 2.14. The van der Waals surface area contributed by atoms with Crippen LogP contribution in [-0.4, -0.2) is 4.98 Å². The van der Waals surface area contributed by atoms with Gasteiger partial charge in [-0.1, -0.05) is 6.08 Å². The van der Waals surface area contributed by atoms with E-state index in [2.05, 4.69) is 27.5 Å². The molecule has 0 saturated heterocycles. The van der Waals surface area contributed by atoms with Crippen LogP contribution in [0.3, 0.4) is 0 Å². The molecule has 1 aromatic heterocycles. The van der Waals surface area contributed by atoms with Gasteiger partial charge in [0.2, 0.25) is 0 Å². The molecule has 0 fully saturated rings. The van der Waals surface area contributed by atoms with Crippen molar-refractivity contribution in [1.82, 2.24) is 4.98 Å². The number of aromatic nitrogens is 1. The van der Waals surface area contributed by atoms with Crippen LogP contribution in [-0.2, 0) is 0 Å². The van der Waals surface area contributed by atoms with E-state index in [-0.39, 0.29) is 11.9 Å². The van der Waals surface area contributed by atoms with Crippen molar-refractivity contribution in [3.8, 4) is 0 Å². The fourth-order valence-electron chi connectivity index (χ4n) is 1.13. The summed E-state index contributed by atoms with van der Waals surface area (Å²) in [6.45, 7) is 3.62. The van der Waals surface area contributed by atoms with Crippen LogP contribution in [0.25, 0.3) is 0 Å². The van der Waals surface area contributed by atoms with Crippen LogP contribution in [0.1, 0.15) is 24.6 Å². The summed E-state index contributed by atoms with van der Waals surface area (Å²) in [5.41, 5.74) is 6.56. The standard InChI is InChI=1S/C10H12BrFN2/c1-2-3-4-9(13)10-8(11)5-7(12)6-14-10/h2,5-6,9H,1,3-4,13H2/t9-/m0/s1. The molecule has 1 atom stereocenters. The largest absolute Gasteiger partial charge is 0.323 e. The molecule has 0 bridgehead atoms. The molecule has 1 heterocycles. The van der Waals surface area contributed by atoms with Crippen LogP contribution in [0.15, 0.2) is 29.4 Å². The molecule has 0 aromatic carbocycles. The Hall–Kier alpha value is -0.740. The molecule has 0 aliphatic carbocycles. The molecule has 0 aliphatic rings. The second-order valence-electron chi connectivity index (χ2n) is 2.99. The van der Waals surface area contributed by atoms with Crippen LogP contribution in [0, 0.1) is 5.82 Å². The van der Waals surface area contributed by atoms with Crippen molar-refractivity contribution in [3.63, 3.8) is 0 Å². The number of allylic oxidation sites excluding steroid dienone is 1. The lowest BCUT2D eigenvalue weighted by Gasteiger charge is -2.11. The molecule has 0 radical (unpaired) electrons. The number of halogens is 2. The van der Waals surface area contributed by atoms with Gasteiger partial charge in [-0.3, -0.25) is 4.98 Å². The lowest BCUT2D eigenvalue weighted by molar-refractivity contribution is 0.600. The third-order valence-electron chi connectivity index (χ3n) is 1.87. The second-order valence-corrected chi connectivity index (χ2v) is 3.85. The summed E-state index contributed by atoms with van der Waals surface area (Å²) in [4.78, 5) is 3.95. The van der Waals surface area contributed by atoms with Crippen molar-refractivity contribution in [1.29, 1.82) is 0 Å². The number of nitrogens with zero attached hydrogens (tertiary/aromatic N) is 1. The van der Waals surface area contributed by atoms with Crippen molar-refractivity contribution in [2.75, 3.05) is 0 Å². The van der Waals surface area contributed by atoms with Crippen molar-refractivity contribution in [2.45, 2.75) is 18.9 Å². The third kappa shape index (κ3) is 2.89. The van der Waals surface area contributed by atoms with Crippen molar-refractivity contribution >= 4 is 15.9 Å². The molecule has 1 rings (SSSR count). The summed E-state index contributed by atoms with van der Waals surface area (Å²) in [5, 5.41) is 0. The van der Waals surface area contributed by atoms with Crippen LogP contribution in [0.5, 0.6) is 0 Å². The monoisotopic (exact) mass is 258 g/mol. The molecular formula is C10H12BrFN2. The Morgan fingerprint density at radius 2 is 2.43 bits per heavy atom. The number of pyridine rings is 1. The van der Waals surface area contributed by atoms with Crippen LogP contribution in [0.2, 0.25) is 0 Å². The van der Waals surface area contributed by atoms with Gasteiger partial charge < -0.3 is 5.73 Å². The topological polar surface area (TPSA) is 38.9 Å². The molecule has 2 N–H and O–H groups in total. The number of nitrogens with two attached hydrogens (primary N) is 1. The Labute approximate surface area is 91.2 Å². The molecule has 2 nitrogen and oxygen atoms in total. The van der Waals surface area contributed by atoms with E-state index in [0.717, 1.165) is 12.8 Å². The van der Waals surface area contributed by atoms with E-state index in [4.69, 9.17) is 5.73 Å². The molecule has 0 aliphatic heterocycles. The van der Waals surface area contributed by atoms with Crippen molar-refractivity contribution in [3.05, 3.63) is 40.9 Å². The van der Waals surface area contributed by atoms with Gasteiger partial charge in [0, 0.05) is 10.5 Å². The lowest BCUT2D eigenvalue weighted by atomic mass is 10.1. The normalized spacial score (nSPS) is 12.5. The Balaban J connectivity index is 2.78. The fourth-order valence-corrected chi connectivity index (χ4v) is 1.75. The molecule has 0 saturated carbocycles. The third-order valence-corrected chi connectivity index (χ3v) is 2.50. The minimum absolute atomic E-state index is 0.178. The molecule has 14 heavy (non-hydrogen) atoms. The maximum absolute atomic E-state index is 12.7. The molecular weight excluding hydrogens is 247 g/mol. The summed E-state index contributed by atoms with van der Waals surface area (Å²) in [6.07, 6.45) is 4.57. The Bertz CT molecular complexity index is 328. The zero-order valence-corrected chi connectivity index (χ0v) is 9.30. The quantitative estimate of drug-likeness (QED) is 0.844. The average molecular weight is 259 g/mol. The predicted octanol–water partition coefficient (Wildman–Crippen LogP) is 2.95. The molecule has 0 spiro atoms. The molecule has 0 amide bonds. The number of rotatable bonds is 4. The van der Waals surface area contributed by atoms with Crippen LogP contribution < -0.4 is 5.73 Å². The highest BCUT2D eigenvalue weighted by Crippen LogP contribution is 2.23. The summed E-state index contributed by atoms with van der Waals surface area (Å²) < 4.78 is 13.3. The lowest BCUT2D eigenvalue weighted by Crippen LogP contribution is -2.12. The minimum atomic E-state index is -0.364. The molecule has 4 heteroatoms. The Kier molecular flexibility index (Phi) is 4.22. The molecule has 0 unspecified atom stereocenters. The second kappa shape index (κ2) is 5.22. The number of hydrogen-bond donors (Lipinski definition) is 1. The first-order valence-electron chi connectivity index (χ1n) is 4.32. The first kappa shape index (κ1) is 11.3. The highest BCUT2D eigenvalue weighted by molar-refractivity contribution is 9.10. The van der Waals surface area contributed by atoms with E-state index in [9.17, 15) is 4.39 Å². The van der Waals surface area contributed by atoms with Gasteiger partial charge in [-0.15, -0.1) is 6.58 Å². The zero-order chi connectivity index (χ0) is 10.6. The van der Waals surface area contributed by atoms with E-state index in [1.165, 1.54) is 12.3 Å². The Morgan fingerprint density at radius 1 is 1.71 bits per heavy atom. The van der Waals surface area contributed by atoms with Gasteiger partial charge in [-0.25, -0.2) is 4.39 Å². The van der Waals surface area contributed by atoms with Gasteiger partial charge in [-0.2, -0.15) is 0 Å². The van der Waals surface area contributed by atoms with Crippen LogP contribution in [0.4, 0.5) is 4.39 Å². The van der Waals surface area contributed by atoms with Crippen LogP contribution >= 0.6 is 15.9 Å². The summed E-state index contributed by atoms with van der Waals surface area (Å²) in [7, 11) is 0. The maximum atomic E-state index is 12.7. The smallest absolute Gasteiger partial charge is 0.142 e. The SMILES string of the molecule is C=CCC[C@H](N)c1ncc(F)cc1Br. The first-order valence-corrected chi connectivity index (χ1v) is 5.12. The van der Waals surface area contributed by atoms with Gasteiger partial charge in [0.1, 0.15) is 5.82 Å². The maximum Gasteiger partial charge on any atom is 0.142 e. The highest BCUT2D eigenvalue weighted by atomic mass is 79.9. The van der Waals surface area contributed by atoms with Gasteiger partial charge in [0.05, 0.1) is 11.9 Å². The van der Waals surface area contributed by atoms with Crippen molar-refractivity contribution < 1.29 is 4.39 Å². The highest BCUT2D eigenvalue weighted by Gasteiger charge is 2.11. The zero-order valence-electron chi connectivity index (χ0n) is 7.71. The minimum Gasteiger partial charge on any atom is -0.323 e. The van der Waals surface area contributed by atoms with E-state index in [0.29, 0.717) is 10.2 Å². The summed E-state index contributed by atoms with van der Waals surface area (Å²) in [6, 6.07) is 1.19. The summed E-state index contributed by atoms with van der Waals surface area (Å²) in [5.74, 6) is -0.364.